The maximum Gasteiger partial charge on any atom is 0.245 e. The lowest BCUT2D eigenvalue weighted by Crippen LogP contribution is -2.33. The molecule has 0 saturated carbocycles. The van der Waals surface area contributed by atoms with Crippen LogP contribution in [0.25, 0.3) is 11.2 Å². The third-order valence-electron chi connectivity index (χ3n) is 3.07. The lowest BCUT2D eigenvalue weighted by molar-refractivity contribution is -0.132. The minimum atomic E-state index is -0.355. The molecule has 18 heavy (non-hydrogen) atoms. The van der Waals surface area contributed by atoms with E-state index in [9.17, 15) is 4.79 Å². The molecule has 1 atom stereocenters. The molecule has 0 fully saturated rings. The Balaban J connectivity index is 2.51. The third kappa shape index (κ3) is 2.03. The molecule has 1 amide bonds. The molecule has 96 valence electrons. The van der Waals surface area contributed by atoms with Crippen molar-refractivity contribution in [1.82, 2.24) is 19.4 Å². The number of aromatic amines is 1. The molecule has 0 saturated heterocycles. The second-order valence-electron chi connectivity index (χ2n) is 4.20. The Morgan fingerprint density at radius 2 is 2.39 bits per heavy atom. The van der Waals surface area contributed by atoms with Crippen molar-refractivity contribution in [2.24, 2.45) is 0 Å². The summed E-state index contributed by atoms with van der Waals surface area (Å²) in [5.74, 6) is 0.0279. The second kappa shape index (κ2) is 4.89. The number of fused-ring (bicyclic) bond motifs is 1. The minimum absolute atomic E-state index is 0.0279. The maximum atomic E-state index is 12.2. The van der Waals surface area contributed by atoms with Crippen LogP contribution in [-0.2, 0) is 4.79 Å². The zero-order chi connectivity index (χ0) is 13.3. The van der Waals surface area contributed by atoms with E-state index in [1.165, 1.54) is 0 Å². The van der Waals surface area contributed by atoms with Crippen molar-refractivity contribution in [2.45, 2.75) is 19.9 Å². The zero-order valence-corrected chi connectivity index (χ0v) is 11.5. The van der Waals surface area contributed by atoms with Crippen molar-refractivity contribution in [2.75, 3.05) is 13.6 Å². The summed E-state index contributed by atoms with van der Waals surface area (Å²) < 4.78 is 2.29. The van der Waals surface area contributed by atoms with Crippen LogP contribution in [-0.4, -0.2) is 38.9 Å². The Bertz CT molecular complexity index is 630. The van der Waals surface area contributed by atoms with Crippen LogP contribution in [0.5, 0.6) is 0 Å². The third-order valence-corrected chi connectivity index (χ3v) is 3.37. The molecule has 1 unspecified atom stereocenters. The number of rotatable bonds is 3. The smallest absolute Gasteiger partial charge is 0.245 e. The van der Waals surface area contributed by atoms with Crippen LogP contribution in [0.15, 0.2) is 18.3 Å². The Morgan fingerprint density at radius 3 is 3.06 bits per heavy atom. The summed E-state index contributed by atoms with van der Waals surface area (Å²) in [4.78, 5) is 21.2. The van der Waals surface area contributed by atoms with E-state index in [1.54, 1.807) is 22.7 Å². The first-order chi connectivity index (χ1) is 8.56. The lowest BCUT2D eigenvalue weighted by atomic mass is 10.3. The monoisotopic (exact) mass is 264 g/mol. The number of likely N-dealkylation sites (N-methyl/N-ethyl adjacent to an activating group) is 1. The summed E-state index contributed by atoms with van der Waals surface area (Å²) in [7, 11) is 1.78. The van der Waals surface area contributed by atoms with Crippen molar-refractivity contribution in [3.63, 3.8) is 0 Å². The molecule has 2 rings (SSSR count). The van der Waals surface area contributed by atoms with E-state index in [0.29, 0.717) is 17.0 Å². The topological polar surface area (TPSA) is 53.9 Å². The summed E-state index contributed by atoms with van der Waals surface area (Å²) in [6, 6.07) is 3.38. The molecule has 0 aliphatic heterocycles. The average molecular weight is 264 g/mol. The van der Waals surface area contributed by atoms with Gasteiger partial charge in [-0.15, -0.1) is 0 Å². The van der Waals surface area contributed by atoms with Gasteiger partial charge in [0.1, 0.15) is 6.04 Å². The van der Waals surface area contributed by atoms with E-state index in [2.05, 4.69) is 9.97 Å². The first kappa shape index (κ1) is 12.8. The molecule has 0 spiro atoms. The van der Waals surface area contributed by atoms with Crippen molar-refractivity contribution in [3.05, 3.63) is 23.1 Å². The fraction of sp³-hybridized carbons (Fsp3) is 0.417. The molecule has 0 aliphatic carbocycles. The van der Waals surface area contributed by atoms with Crippen molar-refractivity contribution in [1.29, 1.82) is 0 Å². The lowest BCUT2D eigenvalue weighted by Gasteiger charge is -2.20. The van der Waals surface area contributed by atoms with Gasteiger partial charge in [-0.25, -0.2) is 4.98 Å². The Labute approximate surface area is 110 Å². The fourth-order valence-electron chi connectivity index (χ4n) is 1.90. The average Bonchev–Trinajstić information content (AvgIpc) is 2.71. The van der Waals surface area contributed by atoms with Gasteiger partial charge >= 0.3 is 0 Å². The highest BCUT2D eigenvalue weighted by Crippen LogP contribution is 2.18. The predicted octanol–water partition coefficient (Wildman–Crippen LogP) is 2.13. The van der Waals surface area contributed by atoms with E-state index in [1.807, 2.05) is 26.0 Å². The first-order valence-corrected chi connectivity index (χ1v) is 6.27. The van der Waals surface area contributed by atoms with E-state index in [-0.39, 0.29) is 11.9 Å². The molecular weight excluding hydrogens is 248 g/mol. The van der Waals surface area contributed by atoms with Gasteiger partial charge in [-0.1, -0.05) is 0 Å². The second-order valence-corrected chi connectivity index (χ2v) is 4.59. The SMILES string of the molecule is CCN(C)C(=O)C(C)n1c(=S)[nH]c2cccnc21. The van der Waals surface area contributed by atoms with E-state index < -0.39 is 0 Å². The molecule has 0 aliphatic rings. The molecule has 5 nitrogen and oxygen atoms in total. The number of carbonyl (C=O) groups is 1. The number of amides is 1. The molecule has 0 bridgehead atoms. The number of aromatic nitrogens is 3. The van der Waals surface area contributed by atoms with Gasteiger partial charge in [0, 0.05) is 19.8 Å². The quantitative estimate of drug-likeness (QED) is 0.864. The molecule has 6 heteroatoms. The largest absolute Gasteiger partial charge is 0.344 e. The fourth-order valence-corrected chi connectivity index (χ4v) is 2.26. The van der Waals surface area contributed by atoms with Crippen LogP contribution in [0.1, 0.15) is 19.9 Å². The number of carbonyl (C=O) groups excluding carboxylic acids is 1. The normalized spacial score (nSPS) is 12.6. The molecule has 2 heterocycles. The Kier molecular flexibility index (Phi) is 3.47. The van der Waals surface area contributed by atoms with Gasteiger partial charge in [0.2, 0.25) is 5.91 Å². The van der Waals surface area contributed by atoms with Crippen LogP contribution in [0.3, 0.4) is 0 Å². The van der Waals surface area contributed by atoms with Crippen molar-refractivity contribution >= 4 is 29.3 Å². The summed E-state index contributed by atoms with van der Waals surface area (Å²) in [6.07, 6.45) is 1.70. The zero-order valence-electron chi connectivity index (χ0n) is 10.7. The Hall–Kier alpha value is -1.69. The summed E-state index contributed by atoms with van der Waals surface area (Å²) in [5.41, 5.74) is 1.56. The number of H-pyrrole nitrogens is 1. The molecule has 2 aromatic rings. The van der Waals surface area contributed by atoms with Crippen LogP contribution in [0.4, 0.5) is 0 Å². The number of hydrogen-bond acceptors (Lipinski definition) is 3. The van der Waals surface area contributed by atoms with Crippen molar-refractivity contribution in [3.8, 4) is 0 Å². The molecule has 2 aromatic heterocycles. The highest BCUT2D eigenvalue weighted by molar-refractivity contribution is 7.71. The standard InChI is InChI=1S/C12H16N4OS/c1-4-15(3)11(17)8(2)16-10-9(14-12(16)18)6-5-7-13-10/h5-8H,4H2,1-3H3,(H,14,18). The molecular formula is C12H16N4OS. The van der Waals surface area contributed by atoms with E-state index in [4.69, 9.17) is 12.2 Å². The highest BCUT2D eigenvalue weighted by atomic mass is 32.1. The summed E-state index contributed by atoms with van der Waals surface area (Å²) in [5, 5.41) is 0. The van der Waals surface area contributed by atoms with Crippen molar-refractivity contribution < 1.29 is 4.79 Å². The summed E-state index contributed by atoms with van der Waals surface area (Å²) >= 11 is 5.27. The van der Waals surface area contributed by atoms with Gasteiger partial charge in [-0.2, -0.15) is 0 Å². The van der Waals surface area contributed by atoms with Gasteiger partial charge in [0.15, 0.2) is 10.4 Å². The van der Waals surface area contributed by atoms with Crippen LogP contribution in [0, 0.1) is 4.77 Å². The summed E-state index contributed by atoms with van der Waals surface area (Å²) in [6.45, 7) is 4.45. The van der Waals surface area contributed by atoms with Gasteiger partial charge < -0.3 is 9.88 Å². The molecule has 0 aromatic carbocycles. The number of hydrogen-bond donors (Lipinski definition) is 1. The number of imidazole rings is 1. The van der Waals surface area contributed by atoms with Crippen LogP contribution >= 0.6 is 12.2 Å². The van der Waals surface area contributed by atoms with Gasteiger partial charge in [-0.05, 0) is 38.2 Å². The van der Waals surface area contributed by atoms with Crippen LogP contribution in [0.2, 0.25) is 0 Å². The number of pyridine rings is 1. The Morgan fingerprint density at radius 1 is 1.67 bits per heavy atom. The molecule has 0 radical (unpaired) electrons. The highest BCUT2D eigenvalue weighted by Gasteiger charge is 2.21. The van der Waals surface area contributed by atoms with Gasteiger partial charge in [0.25, 0.3) is 0 Å². The van der Waals surface area contributed by atoms with E-state index >= 15 is 0 Å². The number of nitrogens with zero attached hydrogens (tertiary/aromatic N) is 3. The van der Waals surface area contributed by atoms with Crippen LogP contribution < -0.4 is 0 Å². The van der Waals surface area contributed by atoms with Gasteiger partial charge in [0.05, 0.1) is 5.52 Å². The minimum Gasteiger partial charge on any atom is -0.344 e. The first-order valence-electron chi connectivity index (χ1n) is 5.86. The molecule has 1 N–H and O–H groups in total. The van der Waals surface area contributed by atoms with E-state index in [0.717, 1.165) is 5.52 Å². The maximum absolute atomic E-state index is 12.2. The predicted molar refractivity (Wildman–Crippen MR) is 72.9 cm³/mol. The number of nitrogens with one attached hydrogen (secondary N) is 1. The van der Waals surface area contributed by atoms with Gasteiger partial charge in [-0.3, -0.25) is 9.36 Å².